The Morgan fingerprint density at radius 1 is 1.28 bits per heavy atom. The highest BCUT2D eigenvalue weighted by molar-refractivity contribution is 7.09. The normalized spacial score (nSPS) is 12.9. The monoisotopic (exact) mass is 262 g/mol. The van der Waals surface area contributed by atoms with E-state index in [-0.39, 0.29) is 6.10 Å². The highest BCUT2D eigenvalue weighted by atomic mass is 32.1. The number of hydrogen-bond acceptors (Lipinski definition) is 4. The van der Waals surface area contributed by atoms with Crippen LogP contribution in [0.5, 0.6) is 0 Å². The molecule has 0 fully saturated rings. The van der Waals surface area contributed by atoms with Crippen molar-refractivity contribution in [3.05, 3.63) is 40.7 Å². The number of thiazole rings is 1. The Hall–Kier alpha value is -1.23. The molecule has 0 amide bonds. The van der Waals surface area contributed by atoms with Gasteiger partial charge in [-0.05, 0) is 14.1 Å². The SMILES string of the molecule is CN(C)CC(O)Cc1nc(-c2ccccc2)cs1. The maximum absolute atomic E-state index is 9.88. The lowest BCUT2D eigenvalue weighted by molar-refractivity contribution is 0.137. The van der Waals surface area contributed by atoms with E-state index in [1.165, 1.54) is 0 Å². The predicted molar refractivity (Wildman–Crippen MR) is 75.8 cm³/mol. The molecule has 1 atom stereocenters. The van der Waals surface area contributed by atoms with E-state index in [9.17, 15) is 5.11 Å². The van der Waals surface area contributed by atoms with Crippen LogP contribution in [0.3, 0.4) is 0 Å². The lowest BCUT2D eigenvalue weighted by Crippen LogP contribution is -2.27. The van der Waals surface area contributed by atoms with Gasteiger partial charge in [0.1, 0.15) is 0 Å². The summed E-state index contributed by atoms with van der Waals surface area (Å²) in [7, 11) is 3.92. The first kappa shape index (κ1) is 13.2. The van der Waals surface area contributed by atoms with Crippen molar-refractivity contribution in [2.24, 2.45) is 0 Å². The van der Waals surface area contributed by atoms with Crippen LogP contribution >= 0.6 is 11.3 Å². The molecule has 1 heterocycles. The lowest BCUT2D eigenvalue weighted by Gasteiger charge is -2.14. The van der Waals surface area contributed by atoms with Gasteiger partial charge in [-0.1, -0.05) is 30.3 Å². The summed E-state index contributed by atoms with van der Waals surface area (Å²) in [5.74, 6) is 0. The summed E-state index contributed by atoms with van der Waals surface area (Å²) in [5.41, 5.74) is 2.12. The third-order valence-electron chi connectivity index (χ3n) is 2.61. The molecule has 2 aromatic rings. The summed E-state index contributed by atoms with van der Waals surface area (Å²) in [4.78, 5) is 6.55. The topological polar surface area (TPSA) is 36.4 Å². The second-order valence-electron chi connectivity index (χ2n) is 4.61. The van der Waals surface area contributed by atoms with Crippen molar-refractivity contribution < 1.29 is 5.11 Å². The summed E-state index contributed by atoms with van der Waals surface area (Å²) in [6.07, 6.45) is 0.269. The molecule has 0 aliphatic heterocycles. The van der Waals surface area contributed by atoms with Crippen molar-refractivity contribution in [2.45, 2.75) is 12.5 Å². The fourth-order valence-corrected chi connectivity index (χ4v) is 2.71. The fraction of sp³-hybridized carbons (Fsp3) is 0.357. The Morgan fingerprint density at radius 3 is 2.67 bits per heavy atom. The number of hydrogen-bond donors (Lipinski definition) is 1. The minimum Gasteiger partial charge on any atom is -0.391 e. The Kier molecular flexibility index (Phi) is 4.47. The molecule has 0 radical (unpaired) electrons. The Bertz CT molecular complexity index is 482. The van der Waals surface area contributed by atoms with Crippen LogP contribution in [-0.4, -0.2) is 41.7 Å². The highest BCUT2D eigenvalue weighted by Gasteiger charge is 2.10. The summed E-state index contributed by atoms with van der Waals surface area (Å²) in [5, 5.41) is 12.9. The lowest BCUT2D eigenvalue weighted by atomic mass is 10.2. The van der Waals surface area contributed by atoms with Crippen LogP contribution in [0.15, 0.2) is 35.7 Å². The summed E-state index contributed by atoms with van der Waals surface area (Å²) in [6, 6.07) is 10.1. The molecule has 3 nitrogen and oxygen atoms in total. The molecule has 0 saturated carbocycles. The molecule has 0 spiro atoms. The maximum Gasteiger partial charge on any atom is 0.0958 e. The summed E-state index contributed by atoms with van der Waals surface area (Å²) < 4.78 is 0. The van der Waals surface area contributed by atoms with Crippen LogP contribution in [-0.2, 0) is 6.42 Å². The minimum atomic E-state index is -0.352. The first-order chi connectivity index (χ1) is 8.65. The molecular weight excluding hydrogens is 244 g/mol. The molecule has 1 N–H and O–H groups in total. The number of aliphatic hydroxyl groups excluding tert-OH is 1. The van der Waals surface area contributed by atoms with Crippen LogP contribution in [0.4, 0.5) is 0 Å². The highest BCUT2D eigenvalue weighted by Crippen LogP contribution is 2.22. The zero-order valence-electron chi connectivity index (χ0n) is 10.7. The van der Waals surface area contributed by atoms with Crippen LogP contribution < -0.4 is 0 Å². The van der Waals surface area contributed by atoms with E-state index < -0.39 is 0 Å². The third kappa shape index (κ3) is 3.63. The second kappa shape index (κ2) is 6.09. The van der Waals surface area contributed by atoms with Gasteiger partial charge in [0.2, 0.25) is 0 Å². The van der Waals surface area contributed by atoms with Gasteiger partial charge in [0.25, 0.3) is 0 Å². The van der Waals surface area contributed by atoms with Crippen LogP contribution in [0.1, 0.15) is 5.01 Å². The molecule has 2 rings (SSSR count). The summed E-state index contributed by atoms with van der Waals surface area (Å²) in [6.45, 7) is 0.667. The zero-order valence-corrected chi connectivity index (χ0v) is 11.5. The maximum atomic E-state index is 9.88. The summed E-state index contributed by atoms with van der Waals surface area (Å²) >= 11 is 1.61. The molecule has 0 saturated heterocycles. The first-order valence-electron chi connectivity index (χ1n) is 5.98. The standard InChI is InChI=1S/C14H18N2OS/c1-16(2)9-12(17)8-14-15-13(10-18-14)11-6-4-3-5-7-11/h3-7,10,12,17H,8-9H2,1-2H3. The van der Waals surface area contributed by atoms with Gasteiger partial charge < -0.3 is 10.0 Å². The fourth-order valence-electron chi connectivity index (χ4n) is 1.83. The van der Waals surface area contributed by atoms with Gasteiger partial charge in [0, 0.05) is 23.9 Å². The van der Waals surface area contributed by atoms with Crippen molar-refractivity contribution in [1.82, 2.24) is 9.88 Å². The molecule has 1 aromatic heterocycles. The van der Waals surface area contributed by atoms with Crippen molar-refractivity contribution in [2.75, 3.05) is 20.6 Å². The van der Waals surface area contributed by atoms with Crippen LogP contribution in [0.2, 0.25) is 0 Å². The van der Waals surface area contributed by atoms with E-state index >= 15 is 0 Å². The first-order valence-corrected chi connectivity index (χ1v) is 6.85. The number of likely N-dealkylation sites (N-methyl/N-ethyl adjacent to an activating group) is 1. The Balaban J connectivity index is 2.03. The molecule has 0 aliphatic carbocycles. The van der Waals surface area contributed by atoms with Crippen LogP contribution in [0.25, 0.3) is 11.3 Å². The molecule has 0 aliphatic rings. The van der Waals surface area contributed by atoms with E-state index in [0.29, 0.717) is 13.0 Å². The van der Waals surface area contributed by atoms with Gasteiger partial charge in [0.05, 0.1) is 16.8 Å². The average molecular weight is 262 g/mol. The molecule has 1 unspecified atom stereocenters. The number of nitrogens with zero attached hydrogens (tertiary/aromatic N) is 2. The van der Waals surface area contributed by atoms with E-state index in [2.05, 4.69) is 17.1 Å². The number of aliphatic hydroxyl groups is 1. The van der Waals surface area contributed by atoms with Crippen molar-refractivity contribution in [3.8, 4) is 11.3 Å². The molecular formula is C14H18N2OS. The van der Waals surface area contributed by atoms with Crippen molar-refractivity contribution >= 4 is 11.3 Å². The number of rotatable bonds is 5. The van der Waals surface area contributed by atoms with Gasteiger partial charge in [-0.2, -0.15) is 0 Å². The van der Waals surface area contributed by atoms with Gasteiger partial charge in [-0.3, -0.25) is 0 Å². The number of benzene rings is 1. The van der Waals surface area contributed by atoms with Crippen LogP contribution in [0, 0.1) is 0 Å². The van der Waals surface area contributed by atoms with Gasteiger partial charge in [0.15, 0.2) is 0 Å². The third-order valence-corrected chi connectivity index (χ3v) is 3.48. The van der Waals surface area contributed by atoms with E-state index in [1.54, 1.807) is 11.3 Å². The molecule has 96 valence electrons. The van der Waals surface area contributed by atoms with Gasteiger partial charge in [-0.25, -0.2) is 4.98 Å². The number of aromatic nitrogens is 1. The average Bonchev–Trinajstić information content (AvgIpc) is 2.77. The van der Waals surface area contributed by atoms with E-state index in [1.807, 2.05) is 42.6 Å². The second-order valence-corrected chi connectivity index (χ2v) is 5.56. The molecule has 1 aromatic carbocycles. The Labute approximate surface area is 112 Å². The van der Waals surface area contributed by atoms with Gasteiger partial charge >= 0.3 is 0 Å². The van der Waals surface area contributed by atoms with Crippen molar-refractivity contribution in [1.29, 1.82) is 0 Å². The molecule has 18 heavy (non-hydrogen) atoms. The Morgan fingerprint density at radius 2 is 2.00 bits per heavy atom. The zero-order chi connectivity index (χ0) is 13.0. The minimum absolute atomic E-state index is 0.352. The largest absolute Gasteiger partial charge is 0.391 e. The molecule has 0 bridgehead atoms. The van der Waals surface area contributed by atoms with Crippen molar-refractivity contribution in [3.63, 3.8) is 0 Å². The van der Waals surface area contributed by atoms with Gasteiger partial charge in [-0.15, -0.1) is 11.3 Å². The quantitative estimate of drug-likeness (QED) is 0.898. The van der Waals surface area contributed by atoms with E-state index in [4.69, 9.17) is 0 Å². The van der Waals surface area contributed by atoms with E-state index in [0.717, 1.165) is 16.3 Å². The predicted octanol–water partition coefficient (Wildman–Crippen LogP) is 2.28. The smallest absolute Gasteiger partial charge is 0.0958 e. The molecule has 4 heteroatoms.